The maximum Gasteiger partial charge on any atom is 0.153 e. The Hall–Kier alpha value is 0.150. The number of likely N-dealkylation sites (tertiary alicyclic amines) is 1. The van der Waals surface area contributed by atoms with Gasteiger partial charge in [-0.1, -0.05) is 6.42 Å². The van der Waals surface area contributed by atoms with Crippen LogP contribution in [0.5, 0.6) is 0 Å². The molecule has 0 spiro atoms. The third kappa shape index (κ3) is 3.18. The van der Waals surface area contributed by atoms with Crippen molar-refractivity contribution in [3.05, 3.63) is 0 Å². The average Bonchev–Trinajstić information content (AvgIpc) is 3.18. The summed E-state index contributed by atoms with van der Waals surface area (Å²) >= 11 is 2.16. The smallest absolute Gasteiger partial charge is 0.153 e. The molecule has 0 radical (unpaired) electrons. The van der Waals surface area contributed by atoms with Gasteiger partial charge in [0.15, 0.2) is 5.79 Å². The number of ether oxygens (including phenoxy) is 1. The van der Waals surface area contributed by atoms with Crippen molar-refractivity contribution in [2.24, 2.45) is 0 Å². The highest BCUT2D eigenvalue weighted by atomic mass is 32.2. The lowest BCUT2D eigenvalue weighted by Crippen LogP contribution is -2.77. The maximum atomic E-state index is 5.68. The van der Waals surface area contributed by atoms with Crippen molar-refractivity contribution < 1.29 is 4.74 Å². The van der Waals surface area contributed by atoms with E-state index in [1.54, 1.807) is 0 Å². The number of rotatable bonds is 3. The quantitative estimate of drug-likeness (QED) is 0.771. The molecule has 1 unspecified atom stereocenters. The number of hydrogen-bond donors (Lipinski definition) is 0. The maximum absolute atomic E-state index is 5.68. The van der Waals surface area contributed by atoms with Crippen LogP contribution in [0.15, 0.2) is 0 Å². The minimum atomic E-state index is 0.112. The summed E-state index contributed by atoms with van der Waals surface area (Å²) < 4.78 is 5.68. The van der Waals surface area contributed by atoms with E-state index in [9.17, 15) is 0 Å². The predicted molar refractivity (Wildman–Crippen MR) is 95.4 cm³/mol. The fraction of sp³-hybridized carbons (Fsp3) is 1.00. The molecule has 4 aliphatic rings. The molecule has 0 N–H and O–H groups in total. The summed E-state index contributed by atoms with van der Waals surface area (Å²) in [7, 11) is 0. The number of morpholine rings is 1. The summed E-state index contributed by atoms with van der Waals surface area (Å²) in [6.45, 7) is 10.2. The van der Waals surface area contributed by atoms with Crippen LogP contribution in [0.4, 0.5) is 0 Å². The van der Waals surface area contributed by atoms with Crippen molar-refractivity contribution in [3.8, 4) is 0 Å². The molecule has 6 heteroatoms. The van der Waals surface area contributed by atoms with Gasteiger partial charge in [0.25, 0.3) is 0 Å². The fourth-order valence-electron chi connectivity index (χ4n) is 4.81. The molecule has 0 saturated carbocycles. The molecule has 4 saturated heterocycles. The highest BCUT2D eigenvalue weighted by Crippen LogP contribution is 2.38. The second kappa shape index (κ2) is 7.58. The second-order valence-corrected chi connectivity index (χ2v) is 8.36. The fourth-order valence-corrected chi connectivity index (χ4v) is 6.04. The molecule has 4 fully saturated rings. The molecule has 0 aromatic carbocycles. The van der Waals surface area contributed by atoms with Crippen LogP contribution in [0.2, 0.25) is 0 Å². The molecular weight excluding hydrogens is 308 g/mol. The first-order chi connectivity index (χ1) is 11.4. The lowest BCUT2D eigenvalue weighted by atomic mass is 10.1. The first kappa shape index (κ1) is 16.6. The van der Waals surface area contributed by atoms with Gasteiger partial charge in [-0.25, -0.2) is 10.0 Å². The Bertz CT molecular complexity index is 381. The van der Waals surface area contributed by atoms with Gasteiger partial charge in [0.05, 0.1) is 13.2 Å². The lowest BCUT2D eigenvalue weighted by molar-refractivity contribution is -0.247. The summed E-state index contributed by atoms with van der Waals surface area (Å²) in [5, 5.41) is 5.50. The SMILES string of the molecule is C1CCN(N2CCSCC2(N2CCCC2)N2CCOCC2)CC1. The molecule has 4 heterocycles. The number of piperidine rings is 1. The molecule has 0 bridgehead atoms. The zero-order valence-corrected chi connectivity index (χ0v) is 15.2. The molecule has 1 atom stereocenters. The molecule has 23 heavy (non-hydrogen) atoms. The van der Waals surface area contributed by atoms with Gasteiger partial charge >= 0.3 is 0 Å². The summed E-state index contributed by atoms with van der Waals surface area (Å²) in [6, 6.07) is 0. The largest absolute Gasteiger partial charge is 0.379 e. The summed E-state index contributed by atoms with van der Waals surface area (Å²) in [6.07, 6.45) is 6.87. The molecule has 5 nitrogen and oxygen atoms in total. The second-order valence-electron chi connectivity index (χ2n) is 7.26. The molecule has 4 aliphatic heterocycles. The zero-order valence-electron chi connectivity index (χ0n) is 14.4. The van der Waals surface area contributed by atoms with Crippen molar-refractivity contribution in [1.29, 1.82) is 0 Å². The standard InChI is InChI=1S/C17H32N4OS/c1-2-8-20(9-3-1)21-12-15-23-16-17(21,18-6-4-5-7-18)19-10-13-22-14-11-19/h1-16H2. The molecular formula is C17H32N4OS. The van der Waals surface area contributed by atoms with Gasteiger partial charge in [0.2, 0.25) is 0 Å². The van der Waals surface area contributed by atoms with Gasteiger partial charge in [-0.05, 0) is 25.7 Å². The van der Waals surface area contributed by atoms with Gasteiger partial charge in [0.1, 0.15) is 0 Å². The molecule has 0 aromatic heterocycles. The van der Waals surface area contributed by atoms with E-state index < -0.39 is 0 Å². The highest BCUT2D eigenvalue weighted by Gasteiger charge is 2.51. The van der Waals surface area contributed by atoms with Crippen LogP contribution < -0.4 is 0 Å². The van der Waals surface area contributed by atoms with E-state index in [-0.39, 0.29) is 5.79 Å². The van der Waals surface area contributed by atoms with E-state index >= 15 is 0 Å². The van der Waals surface area contributed by atoms with Crippen LogP contribution in [0.3, 0.4) is 0 Å². The Morgan fingerprint density at radius 2 is 1.35 bits per heavy atom. The first-order valence-corrected chi connectivity index (χ1v) is 10.7. The lowest BCUT2D eigenvalue weighted by Gasteiger charge is -2.60. The summed E-state index contributed by atoms with van der Waals surface area (Å²) in [4.78, 5) is 5.56. The summed E-state index contributed by atoms with van der Waals surface area (Å²) in [5.41, 5.74) is 0. The Kier molecular flexibility index (Phi) is 5.48. The van der Waals surface area contributed by atoms with Gasteiger partial charge < -0.3 is 4.74 Å². The Morgan fingerprint density at radius 3 is 2.09 bits per heavy atom. The van der Waals surface area contributed by atoms with E-state index in [4.69, 9.17) is 4.74 Å². The minimum Gasteiger partial charge on any atom is -0.379 e. The van der Waals surface area contributed by atoms with E-state index in [2.05, 4.69) is 31.6 Å². The van der Waals surface area contributed by atoms with Gasteiger partial charge in [-0.2, -0.15) is 11.8 Å². The Morgan fingerprint density at radius 1 is 0.696 bits per heavy atom. The average molecular weight is 341 g/mol. The van der Waals surface area contributed by atoms with E-state index in [1.165, 1.54) is 76.3 Å². The third-order valence-electron chi connectivity index (χ3n) is 5.96. The van der Waals surface area contributed by atoms with E-state index in [0.717, 1.165) is 26.3 Å². The van der Waals surface area contributed by atoms with Crippen molar-refractivity contribution in [3.63, 3.8) is 0 Å². The minimum absolute atomic E-state index is 0.112. The van der Waals surface area contributed by atoms with Crippen molar-refractivity contribution in [2.75, 3.05) is 70.5 Å². The normalized spacial score (nSPS) is 36.5. The number of thioether (sulfide) groups is 1. The molecule has 4 rings (SSSR count). The molecule has 0 aliphatic carbocycles. The van der Waals surface area contributed by atoms with Crippen LogP contribution >= 0.6 is 11.8 Å². The number of nitrogens with zero attached hydrogens (tertiary/aromatic N) is 4. The van der Waals surface area contributed by atoms with Crippen molar-refractivity contribution >= 4 is 11.8 Å². The van der Waals surface area contributed by atoms with Crippen LogP contribution in [0.25, 0.3) is 0 Å². The molecule has 0 aromatic rings. The van der Waals surface area contributed by atoms with Crippen molar-refractivity contribution in [1.82, 2.24) is 19.8 Å². The van der Waals surface area contributed by atoms with Gasteiger partial charge in [-0.15, -0.1) is 0 Å². The zero-order chi connectivity index (χ0) is 15.5. The first-order valence-electron chi connectivity index (χ1n) is 9.59. The third-order valence-corrected chi connectivity index (χ3v) is 7.02. The monoisotopic (exact) mass is 340 g/mol. The van der Waals surface area contributed by atoms with E-state index in [0.29, 0.717) is 0 Å². The van der Waals surface area contributed by atoms with Crippen molar-refractivity contribution in [2.45, 2.75) is 37.9 Å². The number of hydrogen-bond acceptors (Lipinski definition) is 6. The van der Waals surface area contributed by atoms with Gasteiger partial charge in [-0.3, -0.25) is 9.80 Å². The Labute approximate surface area is 145 Å². The Balaban J connectivity index is 1.64. The summed E-state index contributed by atoms with van der Waals surface area (Å²) in [5.74, 6) is 2.61. The highest BCUT2D eigenvalue weighted by molar-refractivity contribution is 7.99. The van der Waals surface area contributed by atoms with Crippen LogP contribution in [-0.4, -0.2) is 96.1 Å². The van der Waals surface area contributed by atoms with Crippen LogP contribution in [0.1, 0.15) is 32.1 Å². The molecule has 0 amide bonds. The topological polar surface area (TPSA) is 22.2 Å². The van der Waals surface area contributed by atoms with E-state index in [1.807, 2.05) is 0 Å². The molecule has 132 valence electrons. The number of hydrazine groups is 1. The van der Waals surface area contributed by atoms with Crippen LogP contribution in [-0.2, 0) is 4.74 Å². The van der Waals surface area contributed by atoms with Crippen LogP contribution in [0, 0.1) is 0 Å². The predicted octanol–water partition coefficient (Wildman–Crippen LogP) is 1.52. The van der Waals surface area contributed by atoms with Gasteiger partial charge in [0, 0.05) is 57.3 Å².